The average molecular weight is 627 g/mol. The van der Waals surface area contributed by atoms with E-state index in [9.17, 15) is 28.2 Å². The first-order valence-electron chi connectivity index (χ1n) is 13.4. The van der Waals surface area contributed by atoms with Gasteiger partial charge in [0.1, 0.15) is 28.7 Å². The fourth-order valence-corrected chi connectivity index (χ4v) is 6.23. The first-order chi connectivity index (χ1) is 20.0. The van der Waals surface area contributed by atoms with Crippen molar-refractivity contribution in [2.75, 3.05) is 43.0 Å². The number of nitrogens with one attached hydrogen (secondary N) is 2. The number of anilines is 2. The highest BCUT2D eigenvalue weighted by Crippen LogP contribution is 2.36. The van der Waals surface area contributed by atoms with Gasteiger partial charge in [-0.1, -0.05) is 11.6 Å². The van der Waals surface area contributed by atoms with Gasteiger partial charge in [0.25, 0.3) is 5.91 Å². The van der Waals surface area contributed by atoms with Crippen LogP contribution >= 0.6 is 22.9 Å². The summed E-state index contributed by atoms with van der Waals surface area (Å²) >= 11 is 6.69. The van der Waals surface area contributed by atoms with E-state index < -0.39 is 34.9 Å². The molecule has 2 aliphatic heterocycles. The van der Waals surface area contributed by atoms with E-state index in [-0.39, 0.29) is 18.1 Å². The second kappa shape index (κ2) is 12.6. The first kappa shape index (κ1) is 30.4. The molecular formula is C26H30ClF3N8O3S. The van der Waals surface area contributed by atoms with Gasteiger partial charge >= 0.3 is 6.18 Å². The molecule has 2 fully saturated rings. The molecule has 16 heteroatoms. The summed E-state index contributed by atoms with van der Waals surface area (Å²) in [5.74, 6) is 0.356. The Labute approximate surface area is 248 Å². The van der Waals surface area contributed by atoms with Gasteiger partial charge in [0, 0.05) is 57.3 Å². The molecule has 42 heavy (non-hydrogen) atoms. The van der Waals surface area contributed by atoms with Crippen LogP contribution in [-0.2, 0) is 6.18 Å². The van der Waals surface area contributed by atoms with Gasteiger partial charge in [0.15, 0.2) is 6.23 Å². The number of halogens is 4. The maximum Gasteiger partial charge on any atom is 0.418 e. The lowest BCUT2D eigenvalue weighted by molar-refractivity contribution is -0.137. The third kappa shape index (κ3) is 6.92. The van der Waals surface area contributed by atoms with Crippen LogP contribution in [0, 0.1) is 5.92 Å². The van der Waals surface area contributed by atoms with Gasteiger partial charge in [-0.3, -0.25) is 9.69 Å². The standard InChI is InChI=1S/C26H30ClF3N8O3S/c1-14(25-32-9-20(42-25)24(41)36-21-6-17(26(28,29)30)18(27)8-31-21)35-23(40)19-7-22(34-13-33-19)38-5-4-37-10-15(12-39)2-3-16(37)11-38/h6-9,13-16,24,39,41H,2-5,10-12H2,1H3,(H,31,36)(H,35,40). The molecule has 0 bridgehead atoms. The van der Waals surface area contributed by atoms with Gasteiger partial charge in [0.05, 0.1) is 21.5 Å². The zero-order valence-electron chi connectivity index (χ0n) is 22.6. The van der Waals surface area contributed by atoms with Gasteiger partial charge < -0.3 is 25.7 Å². The monoisotopic (exact) mass is 626 g/mol. The van der Waals surface area contributed by atoms with Crippen molar-refractivity contribution >= 4 is 40.5 Å². The molecule has 2 saturated heterocycles. The van der Waals surface area contributed by atoms with E-state index in [1.54, 1.807) is 13.0 Å². The molecule has 1 amide bonds. The molecule has 3 aromatic rings. The normalized spacial score (nSPS) is 21.0. The van der Waals surface area contributed by atoms with Crippen molar-refractivity contribution in [1.29, 1.82) is 0 Å². The third-order valence-corrected chi connectivity index (χ3v) is 8.98. The van der Waals surface area contributed by atoms with Gasteiger partial charge in [0.2, 0.25) is 0 Å². The Hall–Kier alpha value is -3.11. The molecule has 0 saturated carbocycles. The number of aliphatic hydroxyl groups is 2. The van der Waals surface area contributed by atoms with Crippen LogP contribution in [0.5, 0.6) is 0 Å². The van der Waals surface area contributed by atoms with Crippen LogP contribution in [0.3, 0.4) is 0 Å². The fourth-order valence-electron chi connectivity index (χ4n) is 5.17. The molecule has 11 nitrogen and oxygen atoms in total. The summed E-state index contributed by atoms with van der Waals surface area (Å²) in [4.78, 5) is 34.5. The van der Waals surface area contributed by atoms with Crippen LogP contribution in [0.15, 0.2) is 30.9 Å². The zero-order valence-corrected chi connectivity index (χ0v) is 24.1. The molecule has 4 unspecified atom stereocenters. The number of carbonyl (C=O) groups is 1. The number of piperidine rings is 1. The van der Waals surface area contributed by atoms with Crippen molar-refractivity contribution in [3.8, 4) is 0 Å². The molecule has 0 spiro atoms. The summed E-state index contributed by atoms with van der Waals surface area (Å²) in [6.45, 7) is 5.23. The Bertz CT molecular complexity index is 1410. The predicted octanol–water partition coefficient (Wildman–Crippen LogP) is 3.49. The van der Waals surface area contributed by atoms with E-state index in [0.717, 1.165) is 56.6 Å². The molecule has 5 rings (SSSR count). The van der Waals surface area contributed by atoms with Crippen LogP contribution in [0.2, 0.25) is 5.02 Å². The quantitative estimate of drug-likeness (QED) is 0.275. The van der Waals surface area contributed by atoms with E-state index >= 15 is 0 Å². The van der Waals surface area contributed by atoms with E-state index in [2.05, 4.69) is 40.4 Å². The van der Waals surface area contributed by atoms with Crippen LogP contribution in [0.4, 0.5) is 24.8 Å². The Kier molecular flexibility index (Phi) is 9.13. The second-order valence-corrected chi connectivity index (χ2v) is 11.9. The summed E-state index contributed by atoms with van der Waals surface area (Å²) in [5.41, 5.74) is -0.874. The lowest BCUT2D eigenvalue weighted by Crippen LogP contribution is -2.57. The Balaban J connectivity index is 1.19. The summed E-state index contributed by atoms with van der Waals surface area (Å²) < 4.78 is 39.4. The van der Waals surface area contributed by atoms with E-state index in [1.807, 2.05) is 0 Å². The number of carbonyl (C=O) groups excluding carboxylic acids is 1. The highest BCUT2D eigenvalue weighted by atomic mass is 35.5. The van der Waals surface area contributed by atoms with Crippen LogP contribution in [0.1, 0.15) is 58.0 Å². The van der Waals surface area contributed by atoms with Crippen molar-refractivity contribution in [1.82, 2.24) is 30.2 Å². The van der Waals surface area contributed by atoms with Crippen molar-refractivity contribution in [3.05, 3.63) is 57.0 Å². The maximum absolute atomic E-state index is 13.1. The summed E-state index contributed by atoms with van der Waals surface area (Å²) in [6.07, 6.45) is -0.480. The number of piperazine rings is 1. The van der Waals surface area contributed by atoms with Crippen molar-refractivity contribution < 1.29 is 28.2 Å². The number of alkyl halides is 3. The number of nitrogens with zero attached hydrogens (tertiary/aromatic N) is 6. The SMILES string of the molecule is CC(NC(=O)c1cc(N2CCN3CC(CO)CCC3C2)ncn1)c1ncc(C(O)Nc2cc(C(F)(F)F)c(Cl)cn2)s1. The smallest absolute Gasteiger partial charge is 0.396 e. The molecule has 4 atom stereocenters. The molecule has 0 aromatic carbocycles. The molecular weight excluding hydrogens is 597 g/mol. The minimum absolute atomic E-state index is 0.200. The van der Waals surface area contributed by atoms with E-state index in [1.165, 1.54) is 12.5 Å². The maximum atomic E-state index is 13.1. The topological polar surface area (TPSA) is 140 Å². The van der Waals surface area contributed by atoms with Gasteiger partial charge in [-0.15, -0.1) is 11.3 Å². The van der Waals surface area contributed by atoms with E-state index in [4.69, 9.17) is 11.6 Å². The molecule has 2 aliphatic rings. The number of aliphatic hydroxyl groups excluding tert-OH is 2. The van der Waals surface area contributed by atoms with Crippen molar-refractivity contribution in [2.24, 2.45) is 5.92 Å². The number of thiazole rings is 1. The Morgan fingerprint density at radius 3 is 2.74 bits per heavy atom. The minimum Gasteiger partial charge on any atom is -0.396 e. The number of hydrogen-bond acceptors (Lipinski definition) is 11. The van der Waals surface area contributed by atoms with Crippen LogP contribution in [-0.4, -0.2) is 79.8 Å². The number of rotatable bonds is 8. The zero-order chi connectivity index (χ0) is 30.0. The fraction of sp³-hybridized carbons (Fsp3) is 0.500. The largest absolute Gasteiger partial charge is 0.418 e. The Morgan fingerprint density at radius 1 is 1.17 bits per heavy atom. The molecule has 4 N–H and O–H groups in total. The number of amides is 1. The molecule has 3 aromatic heterocycles. The lowest BCUT2D eigenvalue weighted by Gasteiger charge is -2.46. The van der Waals surface area contributed by atoms with Crippen LogP contribution in [0.25, 0.3) is 0 Å². The highest BCUT2D eigenvalue weighted by molar-refractivity contribution is 7.11. The molecule has 226 valence electrons. The number of fused-ring (bicyclic) bond motifs is 1. The number of aromatic nitrogens is 4. The van der Waals surface area contributed by atoms with Crippen molar-refractivity contribution in [3.63, 3.8) is 0 Å². The minimum atomic E-state index is -4.67. The second-order valence-electron chi connectivity index (χ2n) is 10.4. The molecule has 0 radical (unpaired) electrons. The van der Waals surface area contributed by atoms with E-state index in [0.29, 0.717) is 33.7 Å². The van der Waals surface area contributed by atoms with Crippen LogP contribution < -0.4 is 15.5 Å². The predicted molar refractivity (Wildman–Crippen MR) is 150 cm³/mol. The average Bonchev–Trinajstić information content (AvgIpc) is 3.48. The first-order valence-corrected chi connectivity index (χ1v) is 14.6. The van der Waals surface area contributed by atoms with Gasteiger partial charge in [-0.05, 0) is 31.7 Å². The lowest BCUT2D eigenvalue weighted by atomic mass is 9.91. The third-order valence-electron chi connectivity index (χ3n) is 7.45. The van der Waals surface area contributed by atoms with Gasteiger partial charge in [-0.25, -0.2) is 19.9 Å². The molecule has 5 heterocycles. The summed E-state index contributed by atoms with van der Waals surface area (Å²) in [6, 6.07) is 2.21. The summed E-state index contributed by atoms with van der Waals surface area (Å²) in [7, 11) is 0. The molecule has 0 aliphatic carbocycles. The Morgan fingerprint density at radius 2 is 1.98 bits per heavy atom. The van der Waals surface area contributed by atoms with Crippen molar-refractivity contribution in [2.45, 2.75) is 44.3 Å². The highest BCUT2D eigenvalue weighted by Gasteiger charge is 2.35. The summed E-state index contributed by atoms with van der Waals surface area (Å²) in [5, 5.41) is 25.3. The van der Waals surface area contributed by atoms with Gasteiger partial charge in [-0.2, -0.15) is 13.2 Å². The number of hydrogen-bond donors (Lipinski definition) is 4. The number of pyridine rings is 1.